The van der Waals surface area contributed by atoms with Crippen LogP contribution < -0.4 is 0 Å². The lowest BCUT2D eigenvalue weighted by Gasteiger charge is -2.03. The average molecular weight is 1240 g/mol. The highest BCUT2D eigenvalue weighted by molar-refractivity contribution is 5.76. The number of carboxylic acid groups (broad SMARTS) is 4. The molecule has 0 atom stereocenters. The molecule has 0 heterocycles. The predicted octanol–water partition coefficient (Wildman–Crippen LogP) is 21.7. The zero-order valence-corrected chi connectivity index (χ0v) is 54.7. The van der Waals surface area contributed by atoms with Crippen molar-refractivity contribution in [3.8, 4) is 0 Å². The van der Waals surface area contributed by atoms with Gasteiger partial charge in [0.05, 0.1) is 0 Å². The molecule has 0 amide bonds. The summed E-state index contributed by atoms with van der Waals surface area (Å²) in [5.74, 6) is -2.61. The maximum atomic E-state index is 10.3. The van der Waals surface area contributed by atoms with Gasteiger partial charge in [0.2, 0.25) is 0 Å². The summed E-state index contributed by atoms with van der Waals surface area (Å²) in [7, 11) is 0. The summed E-state index contributed by atoms with van der Waals surface area (Å²) in [6, 6.07) is 0. The summed E-state index contributed by atoms with van der Waals surface area (Å²) < 4.78 is 0. The molecule has 0 aromatic carbocycles. The second-order valence-electron chi connectivity index (χ2n) is 24.4. The predicted molar refractivity (Wildman–Crippen MR) is 383 cm³/mol. The Morgan fingerprint density at radius 2 is 0.226 bits per heavy atom. The minimum absolute atomic E-state index is 0. The van der Waals surface area contributed by atoms with Crippen molar-refractivity contribution in [1.82, 2.24) is 0 Å². The molecule has 0 rings (SSSR count). The van der Waals surface area contributed by atoms with Crippen molar-refractivity contribution in [3.63, 3.8) is 0 Å². The second kappa shape index (κ2) is 97.5. The Kier molecular flexibility index (Phi) is 117. The molecule has 0 bridgehead atoms. The summed E-state index contributed by atoms with van der Waals surface area (Å²) in [5, 5.41) is 34.1. The zero-order valence-electron chi connectivity index (χ0n) is 54.7. The quantitative estimate of drug-likeness (QED) is 0.0347. The molecule has 12 heteroatoms. The number of aliphatic carboxylic acids is 4. The van der Waals surface area contributed by atoms with Crippen LogP contribution in [0.3, 0.4) is 0 Å². The van der Waals surface area contributed by atoms with E-state index in [1.165, 1.54) is 334 Å². The zero-order chi connectivity index (χ0) is 59.6. The third kappa shape index (κ3) is 117. The third-order valence-corrected chi connectivity index (χ3v) is 16.0. The van der Waals surface area contributed by atoms with Gasteiger partial charge in [0, 0.05) is 25.7 Å². The molecular weight excluding hydrogens is 1090 g/mol. The molecule has 0 aliphatic carbocycles. The summed E-state index contributed by atoms with van der Waals surface area (Å²) in [5.41, 5.74) is 0. The lowest BCUT2D eigenvalue weighted by atomic mass is 10.0. The van der Waals surface area contributed by atoms with Gasteiger partial charge in [-0.2, -0.15) is 0 Å². The summed E-state index contributed by atoms with van der Waals surface area (Å²) in [4.78, 5) is 41.3. The van der Waals surface area contributed by atoms with Crippen LogP contribution in [-0.2, 0) is 19.2 Å². The van der Waals surface area contributed by atoms with Gasteiger partial charge in [-0.25, -0.2) is 0 Å². The van der Waals surface area contributed by atoms with Gasteiger partial charge in [-0.1, -0.05) is 387 Å². The van der Waals surface area contributed by atoms with Crippen LogP contribution in [0.15, 0.2) is 0 Å². The third-order valence-electron chi connectivity index (χ3n) is 16.0. The Labute approximate surface area is 589 Å². The van der Waals surface area contributed by atoms with Gasteiger partial charge >= 0.3 is 116 Å². The molecule has 84 heavy (non-hydrogen) atoms. The lowest BCUT2D eigenvalue weighted by Crippen LogP contribution is -1.93. The van der Waals surface area contributed by atoms with E-state index < -0.39 is 23.9 Å². The van der Waals surface area contributed by atoms with E-state index in [2.05, 4.69) is 27.7 Å². The highest BCUT2D eigenvalue weighted by atomic mass is 24.3. The van der Waals surface area contributed by atoms with E-state index in [0.29, 0.717) is 25.7 Å². The Bertz CT molecular complexity index is 1010. The number of hydrogen-bond donors (Lipinski definition) is 4. The van der Waals surface area contributed by atoms with Crippen molar-refractivity contribution in [2.45, 2.75) is 439 Å². The van der Waals surface area contributed by atoms with E-state index in [4.69, 9.17) is 20.4 Å². The SMILES string of the molecule is CCCCCCCCCCCCCCCCCC(=O)O.CCCCCCCCCCCCCCCCCC(=O)O.CCCCCCCCCCCCCCCCCC(=O)O.CCCCCCCCCCCCCCCCCC(=O)O.[MgH2].[MgH2].[MgH2].[MgH2]. The van der Waals surface area contributed by atoms with E-state index in [9.17, 15) is 19.2 Å². The largest absolute Gasteiger partial charge is 0.481 e. The minimum Gasteiger partial charge on any atom is -0.481 e. The first-order valence-corrected chi connectivity index (χ1v) is 36.0. The number of carboxylic acids is 4. The standard InChI is InChI=1S/4C18H36O2.4Mg.8H/c4*1-2-3-4-5-6-7-8-9-10-11-12-13-14-15-16-17-18(19)20;;;;;;;;;;;;/h4*2-17H2,1H3,(H,19,20);;;;;;;;;;;;. The van der Waals surface area contributed by atoms with E-state index in [-0.39, 0.29) is 92.2 Å². The monoisotopic (exact) mass is 1240 g/mol. The molecule has 0 spiro atoms. The van der Waals surface area contributed by atoms with E-state index >= 15 is 0 Å². The normalized spacial score (nSPS) is 10.3. The lowest BCUT2D eigenvalue weighted by molar-refractivity contribution is -0.138. The molecule has 0 aromatic heterocycles. The first kappa shape index (κ1) is 101. The van der Waals surface area contributed by atoms with E-state index in [1.807, 2.05) is 0 Å². The maximum absolute atomic E-state index is 10.3. The van der Waals surface area contributed by atoms with E-state index in [0.717, 1.165) is 51.4 Å². The summed E-state index contributed by atoms with van der Waals surface area (Å²) in [6.07, 6.45) is 80.8. The second-order valence-corrected chi connectivity index (χ2v) is 24.4. The van der Waals surface area contributed by atoms with Crippen LogP contribution in [0.2, 0.25) is 0 Å². The van der Waals surface area contributed by atoms with Crippen molar-refractivity contribution in [1.29, 1.82) is 0 Å². The average Bonchev–Trinajstić information content (AvgIpc) is 3.43. The fourth-order valence-electron chi connectivity index (χ4n) is 10.6. The van der Waals surface area contributed by atoms with Gasteiger partial charge < -0.3 is 20.4 Å². The van der Waals surface area contributed by atoms with Crippen LogP contribution in [0.4, 0.5) is 0 Å². The number of rotatable bonds is 64. The van der Waals surface area contributed by atoms with Gasteiger partial charge in [-0.15, -0.1) is 0 Å². The van der Waals surface area contributed by atoms with Gasteiger partial charge in [0.1, 0.15) is 0 Å². The molecule has 0 unspecified atom stereocenters. The molecule has 0 radical (unpaired) electrons. The molecule has 496 valence electrons. The molecule has 8 nitrogen and oxygen atoms in total. The van der Waals surface area contributed by atoms with E-state index in [1.54, 1.807) is 0 Å². The Morgan fingerprint density at radius 1 is 0.155 bits per heavy atom. The Balaban J connectivity index is -0.000000150. The number of hydrogen-bond acceptors (Lipinski definition) is 4. The van der Waals surface area contributed by atoms with Crippen molar-refractivity contribution < 1.29 is 39.6 Å². The van der Waals surface area contributed by atoms with Gasteiger partial charge in [0.25, 0.3) is 0 Å². The van der Waals surface area contributed by atoms with Crippen molar-refractivity contribution in [2.24, 2.45) is 0 Å². The number of carbonyl (C=O) groups is 4. The van der Waals surface area contributed by atoms with Crippen LogP contribution in [0.25, 0.3) is 0 Å². The van der Waals surface area contributed by atoms with Crippen LogP contribution in [0.1, 0.15) is 439 Å². The Hall–Kier alpha value is 0.945. The van der Waals surface area contributed by atoms with Crippen LogP contribution in [0, 0.1) is 0 Å². The highest BCUT2D eigenvalue weighted by Gasteiger charge is 2.02. The van der Waals surface area contributed by atoms with Gasteiger partial charge in [-0.3, -0.25) is 19.2 Å². The summed E-state index contributed by atoms with van der Waals surface area (Å²) in [6.45, 7) is 9.08. The first-order valence-electron chi connectivity index (χ1n) is 36.0. The molecule has 0 aliphatic rings. The first-order chi connectivity index (χ1) is 39.1. The maximum Gasteiger partial charge on any atom is 0.316 e. The molecular formula is C72H152Mg4O8. The van der Waals surface area contributed by atoms with Gasteiger partial charge in [0.15, 0.2) is 0 Å². The topological polar surface area (TPSA) is 149 Å². The van der Waals surface area contributed by atoms with Crippen LogP contribution >= 0.6 is 0 Å². The highest BCUT2D eigenvalue weighted by Crippen LogP contribution is 2.18. The fourth-order valence-corrected chi connectivity index (χ4v) is 10.6. The van der Waals surface area contributed by atoms with Crippen molar-refractivity contribution in [2.75, 3.05) is 0 Å². The van der Waals surface area contributed by atoms with Crippen molar-refractivity contribution >= 4 is 116 Å². The molecule has 0 saturated carbocycles. The summed E-state index contributed by atoms with van der Waals surface area (Å²) >= 11 is 0. The van der Waals surface area contributed by atoms with Crippen LogP contribution in [-0.4, -0.2) is 137 Å². The van der Waals surface area contributed by atoms with Crippen molar-refractivity contribution in [3.05, 3.63) is 0 Å². The molecule has 0 saturated heterocycles. The number of unbranched alkanes of at least 4 members (excludes halogenated alkanes) is 56. The van der Waals surface area contributed by atoms with Gasteiger partial charge in [-0.05, 0) is 25.7 Å². The molecule has 4 N–H and O–H groups in total. The smallest absolute Gasteiger partial charge is 0.316 e. The van der Waals surface area contributed by atoms with Crippen LogP contribution in [0.5, 0.6) is 0 Å². The molecule has 0 aliphatic heterocycles. The minimum atomic E-state index is -0.653. The Morgan fingerprint density at radius 3 is 0.298 bits per heavy atom. The molecule has 0 aromatic rings. The molecule has 0 fully saturated rings. The fraction of sp³-hybridized carbons (Fsp3) is 0.944.